The van der Waals surface area contributed by atoms with Crippen LogP contribution in [0.25, 0.3) is 10.3 Å². The zero-order chi connectivity index (χ0) is 22.3. The summed E-state index contributed by atoms with van der Waals surface area (Å²) >= 11 is 1.36. The predicted molar refractivity (Wildman–Crippen MR) is 124 cm³/mol. The van der Waals surface area contributed by atoms with E-state index in [4.69, 9.17) is 4.98 Å². The fourth-order valence-corrected chi connectivity index (χ4v) is 5.83. The third-order valence-corrected chi connectivity index (χ3v) is 7.84. The van der Waals surface area contributed by atoms with Crippen molar-refractivity contribution in [3.05, 3.63) is 52.1 Å². The van der Waals surface area contributed by atoms with E-state index in [9.17, 15) is 14.9 Å². The summed E-state index contributed by atoms with van der Waals surface area (Å²) in [4.78, 5) is 38.0. The second-order valence-corrected chi connectivity index (χ2v) is 9.76. The van der Waals surface area contributed by atoms with Crippen molar-refractivity contribution in [1.82, 2.24) is 14.5 Å². The third kappa shape index (κ3) is 3.41. The van der Waals surface area contributed by atoms with Crippen LogP contribution < -0.4 is 10.5 Å². The first-order valence-electron chi connectivity index (χ1n) is 11.1. The van der Waals surface area contributed by atoms with Crippen molar-refractivity contribution in [2.24, 2.45) is 7.05 Å². The molecule has 1 aliphatic heterocycles. The summed E-state index contributed by atoms with van der Waals surface area (Å²) in [6.45, 7) is 0.747. The number of nitriles is 1. The number of carbonyl (C=O) groups is 1. The number of fused-ring (bicyclic) bond motifs is 1. The number of hydrogen-bond acceptors (Lipinski definition) is 7. The molecule has 5 rings (SSSR count). The average Bonchev–Trinajstić information content (AvgIpc) is 3.43. The maximum atomic E-state index is 13.0. The van der Waals surface area contributed by atoms with Crippen LogP contribution >= 0.6 is 11.3 Å². The quantitative estimate of drug-likeness (QED) is 0.574. The number of benzene rings is 1. The van der Waals surface area contributed by atoms with Crippen LogP contribution in [-0.4, -0.2) is 32.9 Å². The molecule has 7 nitrogen and oxygen atoms in total. The fraction of sp³-hybridized carbons (Fsp3) is 0.458. The molecular formula is C24H25N5O2S. The number of ketones is 1. The number of anilines is 1. The minimum atomic E-state index is -0.671. The van der Waals surface area contributed by atoms with E-state index in [-0.39, 0.29) is 17.4 Å². The largest absolute Gasteiger partial charge is 0.338 e. The number of aromatic nitrogens is 3. The molecule has 0 spiro atoms. The summed E-state index contributed by atoms with van der Waals surface area (Å²) in [5.41, 5.74) is 0.592. The van der Waals surface area contributed by atoms with Crippen LogP contribution in [0.1, 0.15) is 49.9 Å². The van der Waals surface area contributed by atoms with Gasteiger partial charge in [-0.1, -0.05) is 41.7 Å². The maximum Gasteiger partial charge on any atom is 0.280 e. The van der Waals surface area contributed by atoms with Crippen LogP contribution in [0.4, 0.5) is 5.13 Å². The molecule has 164 valence electrons. The van der Waals surface area contributed by atoms with Crippen molar-refractivity contribution in [2.45, 2.75) is 56.4 Å². The normalized spacial score (nSPS) is 19.6. The Kier molecular flexibility index (Phi) is 5.30. The van der Waals surface area contributed by atoms with Gasteiger partial charge in [0.15, 0.2) is 21.3 Å². The van der Waals surface area contributed by atoms with Gasteiger partial charge in [-0.05, 0) is 44.1 Å². The molecule has 0 unspecified atom stereocenters. The number of thiazole rings is 1. The van der Waals surface area contributed by atoms with E-state index < -0.39 is 5.41 Å². The van der Waals surface area contributed by atoms with Crippen LogP contribution in [0.2, 0.25) is 0 Å². The van der Waals surface area contributed by atoms with Gasteiger partial charge in [0, 0.05) is 20.0 Å². The third-order valence-electron chi connectivity index (χ3n) is 6.85. The zero-order valence-corrected chi connectivity index (χ0v) is 18.9. The first-order valence-corrected chi connectivity index (χ1v) is 12.0. The lowest BCUT2D eigenvalue weighted by molar-refractivity contribution is -0.120. The monoisotopic (exact) mass is 447 g/mol. The molecule has 3 aromatic rings. The van der Waals surface area contributed by atoms with Gasteiger partial charge in [-0.15, -0.1) is 0 Å². The topological polar surface area (TPSA) is 91.9 Å². The number of aryl methyl sites for hydroxylation is 1. The molecule has 0 radical (unpaired) electrons. The van der Waals surface area contributed by atoms with Gasteiger partial charge >= 0.3 is 0 Å². The molecule has 32 heavy (non-hydrogen) atoms. The predicted octanol–water partition coefficient (Wildman–Crippen LogP) is 3.51. The van der Waals surface area contributed by atoms with E-state index >= 15 is 0 Å². The van der Waals surface area contributed by atoms with Crippen molar-refractivity contribution in [3.63, 3.8) is 0 Å². The summed E-state index contributed by atoms with van der Waals surface area (Å²) < 4.78 is 1.49. The molecule has 2 aliphatic rings. The van der Waals surface area contributed by atoms with Crippen molar-refractivity contribution in [3.8, 4) is 6.07 Å². The van der Waals surface area contributed by atoms with Crippen LogP contribution in [0.3, 0.4) is 0 Å². The van der Waals surface area contributed by atoms with Gasteiger partial charge < -0.3 is 4.90 Å². The molecule has 1 saturated heterocycles. The highest BCUT2D eigenvalue weighted by Gasteiger charge is 2.43. The Bertz CT molecular complexity index is 1270. The fourth-order valence-electron chi connectivity index (χ4n) is 4.82. The van der Waals surface area contributed by atoms with Gasteiger partial charge in [0.25, 0.3) is 5.56 Å². The van der Waals surface area contributed by atoms with E-state index in [1.54, 1.807) is 7.05 Å². The highest BCUT2D eigenvalue weighted by Crippen LogP contribution is 2.42. The Morgan fingerprint density at radius 3 is 2.72 bits per heavy atom. The van der Waals surface area contributed by atoms with Crippen LogP contribution in [0.15, 0.2) is 35.1 Å². The number of rotatable bonds is 6. The highest BCUT2D eigenvalue weighted by molar-refractivity contribution is 7.21. The maximum absolute atomic E-state index is 13.0. The van der Waals surface area contributed by atoms with Crippen molar-refractivity contribution < 1.29 is 4.79 Å². The summed E-state index contributed by atoms with van der Waals surface area (Å²) in [5.74, 6) is 0.751. The number of nitrogens with zero attached hydrogens (tertiary/aromatic N) is 5. The molecule has 3 heterocycles. The average molecular weight is 448 g/mol. The molecule has 0 bridgehead atoms. The van der Waals surface area contributed by atoms with Gasteiger partial charge in [0.05, 0.1) is 12.1 Å². The lowest BCUT2D eigenvalue weighted by Gasteiger charge is -2.35. The molecule has 1 saturated carbocycles. The van der Waals surface area contributed by atoms with E-state index in [1.807, 2.05) is 35.2 Å². The van der Waals surface area contributed by atoms with Crippen molar-refractivity contribution in [1.29, 1.82) is 5.26 Å². The minimum absolute atomic E-state index is 0.209. The molecule has 1 aromatic carbocycles. The lowest BCUT2D eigenvalue weighted by atomic mass is 9.69. The van der Waals surface area contributed by atoms with Crippen LogP contribution in [0, 0.1) is 11.3 Å². The lowest BCUT2D eigenvalue weighted by Crippen LogP contribution is -2.39. The van der Waals surface area contributed by atoms with E-state index in [2.05, 4.69) is 11.1 Å². The molecule has 2 fully saturated rings. The molecule has 1 atom stereocenters. The van der Waals surface area contributed by atoms with Gasteiger partial charge in [0.1, 0.15) is 11.2 Å². The van der Waals surface area contributed by atoms with Gasteiger partial charge in [-0.3, -0.25) is 14.2 Å². The van der Waals surface area contributed by atoms with E-state index in [0.29, 0.717) is 27.7 Å². The first kappa shape index (κ1) is 20.8. The Morgan fingerprint density at radius 1 is 1.25 bits per heavy atom. The zero-order valence-electron chi connectivity index (χ0n) is 18.1. The molecule has 1 aliphatic carbocycles. The first-order chi connectivity index (χ1) is 15.5. The summed E-state index contributed by atoms with van der Waals surface area (Å²) in [6.07, 6.45) is 5.37. The highest BCUT2D eigenvalue weighted by atomic mass is 32.1. The number of Topliss-reactive ketones (excluding diaryl/α,β-unsaturated/α-hetero) is 1. The molecule has 0 amide bonds. The Balaban J connectivity index is 1.42. The smallest absolute Gasteiger partial charge is 0.280 e. The van der Waals surface area contributed by atoms with Gasteiger partial charge in [-0.2, -0.15) is 5.26 Å². The number of hydrogen-bond donors (Lipinski definition) is 0. The molecule has 0 N–H and O–H groups in total. The SMILES string of the molecule is Cn1c(C2(C#N)CCC2)nc2sc(N3CCC[C@@H]3C(=O)CCc3ccccc3)nc2c1=O. The summed E-state index contributed by atoms with van der Waals surface area (Å²) in [6, 6.07) is 12.2. The second kappa shape index (κ2) is 8.14. The van der Waals surface area contributed by atoms with Crippen molar-refractivity contribution in [2.75, 3.05) is 11.4 Å². The van der Waals surface area contributed by atoms with Crippen molar-refractivity contribution >= 4 is 32.6 Å². The van der Waals surface area contributed by atoms with E-state index in [1.165, 1.54) is 15.9 Å². The standard InChI is InChI=1S/C24H25N5O2S/c1-28-21(31)19-20(27-22(28)24(15-25)12-6-13-24)32-23(26-19)29-14-5-9-17(29)18(30)11-10-16-7-3-2-4-8-16/h2-4,7-8,17H,5-6,9-14H2,1H3/t17-/m1/s1. The summed E-state index contributed by atoms with van der Waals surface area (Å²) in [7, 11) is 1.67. The molecular weight excluding hydrogens is 422 g/mol. The molecule has 8 heteroatoms. The Labute approximate surface area is 190 Å². The van der Waals surface area contributed by atoms with Crippen LogP contribution in [0.5, 0.6) is 0 Å². The number of carbonyl (C=O) groups excluding carboxylic acids is 1. The van der Waals surface area contributed by atoms with Gasteiger partial charge in [0.2, 0.25) is 0 Å². The Morgan fingerprint density at radius 2 is 2.03 bits per heavy atom. The summed E-state index contributed by atoms with van der Waals surface area (Å²) in [5, 5.41) is 10.4. The van der Waals surface area contributed by atoms with Crippen LogP contribution in [-0.2, 0) is 23.7 Å². The van der Waals surface area contributed by atoms with E-state index in [0.717, 1.165) is 50.6 Å². The molecule has 2 aromatic heterocycles. The minimum Gasteiger partial charge on any atom is -0.338 e. The van der Waals surface area contributed by atoms with Gasteiger partial charge in [-0.25, -0.2) is 9.97 Å². The second-order valence-electron chi connectivity index (χ2n) is 8.80. The Hall–Kier alpha value is -3.05.